The summed E-state index contributed by atoms with van der Waals surface area (Å²) in [6.07, 6.45) is 4.26. The zero-order valence-electron chi connectivity index (χ0n) is 10.5. The first-order chi connectivity index (χ1) is 7.69. The number of ether oxygens (including phenoxy) is 1. The van der Waals surface area contributed by atoms with E-state index in [0.29, 0.717) is 6.61 Å². The van der Waals surface area contributed by atoms with Gasteiger partial charge in [-0.05, 0) is 61.9 Å². The van der Waals surface area contributed by atoms with E-state index < -0.39 is 0 Å². The van der Waals surface area contributed by atoms with E-state index in [0.717, 1.165) is 31.4 Å². The highest BCUT2D eigenvalue weighted by Crippen LogP contribution is 2.23. The maximum atomic E-state index is 8.72. The number of hydrogen-bond donors (Lipinski definition) is 1. The van der Waals surface area contributed by atoms with Crippen LogP contribution < -0.4 is 4.74 Å². The van der Waals surface area contributed by atoms with Crippen molar-refractivity contribution in [3.63, 3.8) is 0 Å². The Kier molecular flexibility index (Phi) is 5.33. The second-order valence-corrected chi connectivity index (χ2v) is 4.27. The molecule has 0 saturated carbocycles. The summed E-state index contributed by atoms with van der Waals surface area (Å²) in [5.41, 5.74) is 4.04. The van der Waals surface area contributed by atoms with Gasteiger partial charge in [0.2, 0.25) is 0 Å². The first-order valence-electron chi connectivity index (χ1n) is 5.94. The quantitative estimate of drug-likeness (QED) is 0.750. The molecule has 0 aliphatic rings. The predicted octanol–water partition coefficient (Wildman–Crippen LogP) is 3.02. The fraction of sp³-hybridized carbons (Fsp3) is 0.571. The van der Waals surface area contributed by atoms with Gasteiger partial charge >= 0.3 is 0 Å². The lowest BCUT2D eigenvalue weighted by Gasteiger charge is -2.12. The number of hydrogen-bond acceptors (Lipinski definition) is 2. The summed E-state index contributed by atoms with van der Waals surface area (Å²) in [6.45, 7) is 4.58. The molecular formula is C14H22O2. The molecule has 0 saturated heterocycles. The van der Waals surface area contributed by atoms with Crippen LogP contribution in [0.4, 0.5) is 0 Å². The Hall–Kier alpha value is -1.02. The molecule has 90 valence electrons. The van der Waals surface area contributed by atoms with Gasteiger partial charge in [-0.3, -0.25) is 0 Å². The third-order valence-corrected chi connectivity index (χ3v) is 2.99. The molecule has 0 aliphatic heterocycles. The Morgan fingerprint density at radius 2 is 1.69 bits per heavy atom. The van der Waals surface area contributed by atoms with Crippen molar-refractivity contribution in [2.24, 2.45) is 0 Å². The molecule has 16 heavy (non-hydrogen) atoms. The molecule has 2 nitrogen and oxygen atoms in total. The van der Waals surface area contributed by atoms with E-state index in [1.54, 1.807) is 7.11 Å². The number of aryl methyl sites for hydroxylation is 2. The molecule has 1 rings (SSSR count). The topological polar surface area (TPSA) is 29.5 Å². The Bertz CT molecular complexity index is 309. The van der Waals surface area contributed by atoms with Crippen molar-refractivity contribution in [3.8, 4) is 5.75 Å². The molecule has 1 N–H and O–H groups in total. The van der Waals surface area contributed by atoms with Crippen LogP contribution in [0.15, 0.2) is 12.1 Å². The predicted molar refractivity (Wildman–Crippen MR) is 67.1 cm³/mol. The van der Waals surface area contributed by atoms with Crippen LogP contribution in [0, 0.1) is 13.8 Å². The van der Waals surface area contributed by atoms with Gasteiger partial charge in [0.1, 0.15) is 5.75 Å². The highest BCUT2D eigenvalue weighted by Gasteiger charge is 2.05. The van der Waals surface area contributed by atoms with Gasteiger partial charge in [-0.25, -0.2) is 0 Å². The fourth-order valence-corrected chi connectivity index (χ4v) is 2.06. The normalized spacial score (nSPS) is 10.5. The first kappa shape index (κ1) is 13.0. The van der Waals surface area contributed by atoms with Crippen molar-refractivity contribution in [1.29, 1.82) is 0 Å². The second-order valence-electron chi connectivity index (χ2n) is 4.27. The van der Waals surface area contributed by atoms with Gasteiger partial charge in [0.15, 0.2) is 0 Å². The van der Waals surface area contributed by atoms with E-state index in [9.17, 15) is 0 Å². The monoisotopic (exact) mass is 222 g/mol. The van der Waals surface area contributed by atoms with Crippen LogP contribution in [0.3, 0.4) is 0 Å². The van der Waals surface area contributed by atoms with Crippen molar-refractivity contribution >= 4 is 0 Å². The lowest BCUT2D eigenvalue weighted by Crippen LogP contribution is -1.96. The molecule has 0 fully saturated rings. The zero-order chi connectivity index (χ0) is 12.0. The average Bonchev–Trinajstić information content (AvgIpc) is 2.26. The fourth-order valence-electron chi connectivity index (χ4n) is 2.06. The highest BCUT2D eigenvalue weighted by molar-refractivity contribution is 5.41. The molecular weight excluding hydrogens is 200 g/mol. The standard InChI is InChI=1S/C14H22O2/c1-11-9-13(16-3)10-12(2)14(11)7-5-4-6-8-15/h9-10,15H,4-8H2,1-3H3. The molecule has 0 spiro atoms. The summed E-state index contributed by atoms with van der Waals surface area (Å²) in [7, 11) is 1.70. The van der Waals surface area contributed by atoms with Gasteiger partial charge in [0, 0.05) is 6.61 Å². The molecule has 0 amide bonds. The highest BCUT2D eigenvalue weighted by atomic mass is 16.5. The summed E-state index contributed by atoms with van der Waals surface area (Å²) in [4.78, 5) is 0. The van der Waals surface area contributed by atoms with Crippen molar-refractivity contribution in [2.75, 3.05) is 13.7 Å². The maximum Gasteiger partial charge on any atom is 0.119 e. The molecule has 0 radical (unpaired) electrons. The van der Waals surface area contributed by atoms with E-state index in [1.807, 2.05) is 0 Å². The summed E-state index contributed by atoms with van der Waals surface area (Å²) in [5.74, 6) is 0.939. The van der Waals surface area contributed by atoms with Gasteiger partial charge < -0.3 is 9.84 Å². The van der Waals surface area contributed by atoms with Gasteiger partial charge in [-0.1, -0.05) is 6.42 Å². The van der Waals surface area contributed by atoms with Crippen LogP contribution >= 0.6 is 0 Å². The van der Waals surface area contributed by atoms with Crippen LogP contribution in [0.25, 0.3) is 0 Å². The average molecular weight is 222 g/mol. The van der Waals surface area contributed by atoms with Crippen molar-refractivity contribution in [1.82, 2.24) is 0 Å². The number of aliphatic hydroxyl groups is 1. The molecule has 0 aliphatic carbocycles. The number of rotatable bonds is 6. The smallest absolute Gasteiger partial charge is 0.119 e. The third-order valence-electron chi connectivity index (χ3n) is 2.99. The molecule has 1 aromatic carbocycles. The number of aliphatic hydroxyl groups excluding tert-OH is 1. The van der Waals surface area contributed by atoms with Crippen LogP contribution in [0.5, 0.6) is 5.75 Å². The Morgan fingerprint density at radius 3 is 2.19 bits per heavy atom. The number of methoxy groups -OCH3 is 1. The Labute approximate surface area is 98.3 Å². The molecule has 2 heteroatoms. The lowest BCUT2D eigenvalue weighted by atomic mass is 9.97. The van der Waals surface area contributed by atoms with Crippen LogP contribution in [0.2, 0.25) is 0 Å². The zero-order valence-corrected chi connectivity index (χ0v) is 10.5. The van der Waals surface area contributed by atoms with Crippen molar-refractivity contribution in [2.45, 2.75) is 39.5 Å². The minimum absolute atomic E-state index is 0.306. The summed E-state index contributed by atoms with van der Waals surface area (Å²) < 4.78 is 5.24. The second kappa shape index (κ2) is 6.54. The summed E-state index contributed by atoms with van der Waals surface area (Å²) in [6, 6.07) is 4.18. The summed E-state index contributed by atoms with van der Waals surface area (Å²) >= 11 is 0. The van der Waals surface area contributed by atoms with Crippen LogP contribution in [0.1, 0.15) is 36.0 Å². The molecule has 0 atom stereocenters. The number of unbranched alkanes of at least 4 members (excludes halogenated alkanes) is 2. The minimum Gasteiger partial charge on any atom is -0.497 e. The van der Waals surface area contributed by atoms with E-state index >= 15 is 0 Å². The molecule has 0 bridgehead atoms. The largest absolute Gasteiger partial charge is 0.497 e. The Balaban J connectivity index is 2.65. The number of benzene rings is 1. The van der Waals surface area contributed by atoms with Gasteiger partial charge in [-0.15, -0.1) is 0 Å². The van der Waals surface area contributed by atoms with E-state index in [2.05, 4.69) is 26.0 Å². The van der Waals surface area contributed by atoms with Crippen molar-refractivity contribution in [3.05, 3.63) is 28.8 Å². The first-order valence-corrected chi connectivity index (χ1v) is 5.94. The van der Waals surface area contributed by atoms with Gasteiger partial charge in [0.25, 0.3) is 0 Å². The molecule has 1 aromatic rings. The van der Waals surface area contributed by atoms with E-state index in [4.69, 9.17) is 9.84 Å². The Morgan fingerprint density at radius 1 is 1.06 bits per heavy atom. The molecule has 0 heterocycles. The van der Waals surface area contributed by atoms with Crippen LogP contribution in [-0.4, -0.2) is 18.8 Å². The van der Waals surface area contributed by atoms with E-state index in [-0.39, 0.29) is 0 Å². The summed E-state index contributed by atoms with van der Waals surface area (Å²) in [5, 5.41) is 8.72. The van der Waals surface area contributed by atoms with Crippen molar-refractivity contribution < 1.29 is 9.84 Å². The third kappa shape index (κ3) is 3.53. The van der Waals surface area contributed by atoms with Gasteiger partial charge in [-0.2, -0.15) is 0 Å². The van der Waals surface area contributed by atoms with E-state index in [1.165, 1.54) is 16.7 Å². The lowest BCUT2D eigenvalue weighted by molar-refractivity contribution is 0.283. The molecule has 0 aromatic heterocycles. The molecule has 0 unspecified atom stereocenters. The van der Waals surface area contributed by atoms with Gasteiger partial charge in [0.05, 0.1) is 7.11 Å². The maximum absolute atomic E-state index is 8.72. The minimum atomic E-state index is 0.306. The SMILES string of the molecule is COc1cc(C)c(CCCCCO)c(C)c1. The van der Waals surface area contributed by atoms with Crippen LogP contribution in [-0.2, 0) is 6.42 Å².